The number of rotatable bonds is 5. The number of phenols is 1. The van der Waals surface area contributed by atoms with Crippen molar-refractivity contribution in [2.45, 2.75) is 80.8 Å². The lowest BCUT2D eigenvalue weighted by Crippen LogP contribution is -2.07. The zero-order valence-electron chi connectivity index (χ0n) is 21.7. The first-order chi connectivity index (χ1) is 16.2. The second-order valence-electron chi connectivity index (χ2n) is 6.35. The van der Waals surface area contributed by atoms with Crippen molar-refractivity contribution >= 4 is 5.97 Å². The van der Waals surface area contributed by atoms with E-state index in [1.807, 2.05) is 41.5 Å². The third-order valence-corrected chi connectivity index (χ3v) is 4.08. The quantitative estimate of drug-likeness (QED) is 0.265. The first-order valence-electron chi connectivity index (χ1n) is 11.9. The van der Waals surface area contributed by atoms with E-state index in [1.165, 1.54) is 0 Å². The Morgan fingerprint density at radius 2 is 1.47 bits per heavy atom. The van der Waals surface area contributed by atoms with Crippen LogP contribution < -0.4 is 0 Å². The van der Waals surface area contributed by atoms with Gasteiger partial charge in [-0.25, -0.2) is 4.79 Å². The molecule has 0 aliphatic rings. The predicted octanol–water partition coefficient (Wildman–Crippen LogP) is 8.54. The number of esters is 1. The molecule has 0 saturated heterocycles. The smallest absolute Gasteiger partial charge is 0.417 e. The Hall–Kier alpha value is -2.94. The van der Waals surface area contributed by atoms with Gasteiger partial charge in [-0.3, -0.25) is 0 Å². The van der Waals surface area contributed by atoms with Crippen LogP contribution in [0.1, 0.15) is 100 Å². The Morgan fingerprint density at radius 1 is 0.912 bits per heavy atom. The number of hydrogen-bond donors (Lipinski definition) is 1. The molecule has 3 nitrogen and oxygen atoms in total. The fourth-order valence-electron chi connectivity index (χ4n) is 2.54. The zero-order chi connectivity index (χ0) is 26.7. The summed E-state index contributed by atoms with van der Waals surface area (Å²) in [6.07, 6.45) is -1.80. The highest BCUT2D eigenvalue weighted by atomic mass is 19.4. The molecule has 34 heavy (non-hydrogen) atoms. The Labute approximate surface area is 203 Å². The molecule has 2 aromatic carbocycles. The molecule has 0 aliphatic heterocycles. The number of carbonyl (C=O) groups excluding carboxylic acids is 1. The van der Waals surface area contributed by atoms with E-state index in [0.29, 0.717) is 29.4 Å². The molecule has 190 valence electrons. The number of carbonyl (C=O) groups is 1. The van der Waals surface area contributed by atoms with Crippen LogP contribution in [0.4, 0.5) is 13.2 Å². The van der Waals surface area contributed by atoms with Crippen molar-refractivity contribution in [3.05, 3.63) is 64.2 Å². The van der Waals surface area contributed by atoms with Crippen LogP contribution >= 0.6 is 0 Å². The van der Waals surface area contributed by atoms with Gasteiger partial charge in [0.25, 0.3) is 0 Å². The van der Waals surface area contributed by atoms with Crippen LogP contribution in [0.2, 0.25) is 0 Å². The Bertz CT molecular complexity index is 907. The number of aromatic hydroxyl groups is 1. The normalized spacial score (nSPS) is 9.50. The average molecular weight is 481 g/mol. The molecule has 0 heterocycles. The lowest BCUT2D eigenvalue weighted by atomic mass is 10.0. The summed E-state index contributed by atoms with van der Waals surface area (Å²) in [7, 11) is 0. The van der Waals surface area contributed by atoms with Gasteiger partial charge >= 0.3 is 12.1 Å². The minimum Gasteiger partial charge on any atom is -0.508 e. The molecule has 0 bridgehead atoms. The van der Waals surface area contributed by atoms with Gasteiger partial charge in [0.2, 0.25) is 0 Å². The van der Waals surface area contributed by atoms with E-state index < -0.39 is 23.5 Å². The fraction of sp³-hybridized carbons (Fsp3) is 0.464. The monoisotopic (exact) mass is 480 g/mol. The number of aryl methyl sites for hydroxylation is 1. The van der Waals surface area contributed by atoms with E-state index >= 15 is 0 Å². The SMILES string of the molecule is CC.CC.CC.CCCCCOC(=O)c1ccc(C#Cc2ccc(O)cc2C(F)(F)F)c(C)c1. The fourth-order valence-corrected chi connectivity index (χ4v) is 2.54. The van der Waals surface area contributed by atoms with Gasteiger partial charge in [-0.15, -0.1) is 0 Å². The summed E-state index contributed by atoms with van der Waals surface area (Å²) in [6, 6.07) is 7.66. The molecule has 0 aromatic heterocycles. The van der Waals surface area contributed by atoms with E-state index in [9.17, 15) is 23.1 Å². The highest BCUT2D eigenvalue weighted by Gasteiger charge is 2.33. The van der Waals surface area contributed by atoms with Gasteiger partial charge in [0.15, 0.2) is 0 Å². The van der Waals surface area contributed by atoms with Gasteiger partial charge in [-0.05, 0) is 55.3 Å². The molecular formula is C28H39F3O3. The highest BCUT2D eigenvalue weighted by Crippen LogP contribution is 2.33. The van der Waals surface area contributed by atoms with E-state index in [2.05, 4.69) is 18.8 Å². The molecule has 0 amide bonds. The van der Waals surface area contributed by atoms with Crippen LogP contribution in [-0.2, 0) is 10.9 Å². The summed E-state index contributed by atoms with van der Waals surface area (Å²) in [5.74, 6) is 4.30. The van der Waals surface area contributed by atoms with Crippen LogP contribution in [0.5, 0.6) is 5.75 Å². The Kier molecular flexibility index (Phi) is 18.1. The van der Waals surface area contributed by atoms with Crippen molar-refractivity contribution in [1.82, 2.24) is 0 Å². The second kappa shape index (κ2) is 18.5. The predicted molar refractivity (Wildman–Crippen MR) is 134 cm³/mol. The number of halogens is 3. The molecule has 2 rings (SSSR count). The van der Waals surface area contributed by atoms with Crippen LogP contribution in [0, 0.1) is 18.8 Å². The maximum absolute atomic E-state index is 13.1. The Morgan fingerprint density at radius 3 is 2.00 bits per heavy atom. The molecule has 0 fully saturated rings. The standard InChI is InChI=1S/C22H21F3O3.3C2H6/c1-3-4-5-12-28-21(27)18-9-7-16(15(2)13-18)6-8-17-10-11-19(26)14-20(17)22(23,24)25;3*1-2/h7,9-11,13-14,26H,3-5,12H2,1-2H3;3*1-2H3. The van der Waals surface area contributed by atoms with Gasteiger partial charge in [0.1, 0.15) is 5.75 Å². The summed E-state index contributed by atoms with van der Waals surface area (Å²) in [6.45, 7) is 16.1. The maximum Gasteiger partial charge on any atom is 0.417 e. The van der Waals surface area contributed by atoms with Crippen LogP contribution in [0.15, 0.2) is 36.4 Å². The third-order valence-electron chi connectivity index (χ3n) is 4.08. The maximum atomic E-state index is 13.1. The van der Waals surface area contributed by atoms with Gasteiger partial charge in [-0.1, -0.05) is 73.1 Å². The van der Waals surface area contributed by atoms with E-state index in [1.54, 1.807) is 25.1 Å². The molecular weight excluding hydrogens is 441 g/mol. The van der Waals surface area contributed by atoms with Crippen molar-refractivity contribution in [3.8, 4) is 17.6 Å². The van der Waals surface area contributed by atoms with Crippen LogP contribution in [0.3, 0.4) is 0 Å². The van der Waals surface area contributed by atoms with E-state index in [-0.39, 0.29) is 5.56 Å². The van der Waals surface area contributed by atoms with Crippen LogP contribution in [0.25, 0.3) is 0 Å². The lowest BCUT2D eigenvalue weighted by molar-refractivity contribution is -0.137. The van der Waals surface area contributed by atoms with Crippen LogP contribution in [-0.4, -0.2) is 17.7 Å². The molecule has 6 heteroatoms. The summed E-state index contributed by atoms with van der Waals surface area (Å²) < 4.78 is 44.5. The van der Waals surface area contributed by atoms with Crippen molar-refractivity contribution in [2.75, 3.05) is 6.61 Å². The molecule has 0 unspecified atom stereocenters. The number of ether oxygens (including phenoxy) is 1. The van der Waals surface area contributed by atoms with Crippen molar-refractivity contribution in [2.24, 2.45) is 0 Å². The van der Waals surface area contributed by atoms with Gasteiger partial charge in [-0.2, -0.15) is 13.2 Å². The van der Waals surface area contributed by atoms with E-state index in [4.69, 9.17) is 4.74 Å². The number of alkyl halides is 3. The van der Waals surface area contributed by atoms with Crippen molar-refractivity contribution in [3.63, 3.8) is 0 Å². The summed E-state index contributed by atoms with van der Waals surface area (Å²) in [5.41, 5.74) is 0.306. The van der Waals surface area contributed by atoms with Gasteiger partial charge < -0.3 is 9.84 Å². The summed E-state index contributed by atoms with van der Waals surface area (Å²) in [5, 5.41) is 9.31. The van der Waals surface area contributed by atoms with E-state index in [0.717, 1.165) is 31.4 Å². The molecule has 0 atom stereocenters. The third kappa shape index (κ3) is 11.8. The second-order valence-corrected chi connectivity index (χ2v) is 6.35. The molecule has 0 aliphatic carbocycles. The minimum absolute atomic E-state index is 0.232. The first-order valence-corrected chi connectivity index (χ1v) is 11.9. The number of hydrogen-bond acceptors (Lipinski definition) is 3. The average Bonchev–Trinajstić information content (AvgIpc) is 2.84. The highest BCUT2D eigenvalue weighted by molar-refractivity contribution is 5.89. The molecule has 1 N–H and O–H groups in total. The van der Waals surface area contributed by atoms with Crippen molar-refractivity contribution < 1.29 is 27.8 Å². The zero-order valence-corrected chi connectivity index (χ0v) is 21.7. The molecule has 2 aromatic rings. The summed E-state index contributed by atoms with van der Waals surface area (Å²) >= 11 is 0. The molecule has 0 radical (unpaired) electrons. The number of phenolic OH excluding ortho intramolecular Hbond substituents is 1. The largest absolute Gasteiger partial charge is 0.508 e. The number of benzene rings is 2. The number of unbranched alkanes of at least 4 members (excludes halogenated alkanes) is 2. The molecule has 0 saturated carbocycles. The molecule has 0 spiro atoms. The summed E-state index contributed by atoms with van der Waals surface area (Å²) in [4.78, 5) is 12.0. The minimum atomic E-state index is -4.62. The van der Waals surface area contributed by atoms with Crippen molar-refractivity contribution in [1.29, 1.82) is 0 Å². The van der Waals surface area contributed by atoms with Gasteiger partial charge in [0.05, 0.1) is 17.7 Å². The lowest BCUT2D eigenvalue weighted by Gasteiger charge is -2.09. The van der Waals surface area contributed by atoms with Gasteiger partial charge in [0, 0.05) is 11.1 Å². The Balaban J connectivity index is 0. The topological polar surface area (TPSA) is 46.5 Å². The first kappa shape index (κ1) is 33.2.